The van der Waals surface area contributed by atoms with Crippen LogP contribution in [0, 0.1) is 10.1 Å². The van der Waals surface area contributed by atoms with E-state index in [0.29, 0.717) is 17.7 Å². The average Bonchev–Trinajstić information content (AvgIpc) is 3.19. The summed E-state index contributed by atoms with van der Waals surface area (Å²) in [6.07, 6.45) is 3.22. The number of hydrogen-bond acceptors (Lipinski definition) is 6. The number of nitrogens with two attached hydrogens (primary N) is 1. The van der Waals surface area contributed by atoms with Crippen molar-refractivity contribution in [1.82, 2.24) is 4.98 Å². The van der Waals surface area contributed by atoms with Gasteiger partial charge in [-0.1, -0.05) is 6.92 Å². The Balaban J connectivity index is 2.34. The van der Waals surface area contributed by atoms with Crippen molar-refractivity contribution < 1.29 is 4.92 Å². The van der Waals surface area contributed by atoms with Gasteiger partial charge in [0, 0.05) is 12.6 Å². The minimum absolute atomic E-state index is 0.00898. The van der Waals surface area contributed by atoms with Gasteiger partial charge in [-0.3, -0.25) is 10.1 Å². The summed E-state index contributed by atoms with van der Waals surface area (Å²) in [6, 6.07) is 3.31. The van der Waals surface area contributed by atoms with E-state index >= 15 is 0 Å². The van der Waals surface area contributed by atoms with Gasteiger partial charge in [0.2, 0.25) is 0 Å². The fourth-order valence-corrected chi connectivity index (χ4v) is 1.94. The molecule has 1 fully saturated rings. The van der Waals surface area contributed by atoms with Crippen LogP contribution in [0.1, 0.15) is 26.2 Å². The molecular weight excluding hydrogens is 234 g/mol. The second kappa shape index (κ2) is 5.18. The summed E-state index contributed by atoms with van der Waals surface area (Å²) in [5, 5.41) is 10.9. The molecule has 18 heavy (non-hydrogen) atoms. The lowest BCUT2D eigenvalue weighted by molar-refractivity contribution is -0.384. The third-order valence-corrected chi connectivity index (χ3v) is 2.90. The Kier molecular flexibility index (Phi) is 3.61. The Morgan fingerprint density at radius 1 is 1.61 bits per heavy atom. The molecule has 1 aliphatic rings. The molecule has 0 saturated heterocycles. The first kappa shape index (κ1) is 12.6. The van der Waals surface area contributed by atoms with Crippen molar-refractivity contribution in [1.29, 1.82) is 0 Å². The van der Waals surface area contributed by atoms with Crippen LogP contribution in [-0.2, 0) is 0 Å². The molecule has 7 heteroatoms. The van der Waals surface area contributed by atoms with Crippen LogP contribution in [0.4, 0.5) is 17.3 Å². The largest absolute Gasteiger partial charge is 0.353 e. The van der Waals surface area contributed by atoms with E-state index in [2.05, 4.69) is 22.2 Å². The van der Waals surface area contributed by atoms with E-state index in [1.165, 1.54) is 12.1 Å². The van der Waals surface area contributed by atoms with Gasteiger partial charge in [0.1, 0.15) is 11.6 Å². The molecule has 1 saturated carbocycles. The van der Waals surface area contributed by atoms with Gasteiger partial charge in [0.15, 0.2) is 0 Å². The Hall–Kier alpha value is -1.89. The Bertz CT molecular complexity index is 447. The highest BCUT2D eigenvalue weighted by atomic mass is 16.6. The Morgan fingerprint density at radius 3 is 2.83 bits per heavy atom. The number of anilines is 2. The zero-order valence-electron chi connectivity index (χ0n) is 10.3. The first-order valence-corrected chi connectivity index (χ1v) is 6.05. The second-order valence-corrected chi connectivity index (χ2v) is 4.39. The number of hydrazine groups is 1. The normalized spacial score (nSPS) is 14.3. The first-order valence-electron chi connectivity index (χ1n) is 6.05. The summed E-state index contributed by atoms with van der Waals surface area (Å²) >= 11 is 0. The fourth-order valence-electron chi connectivity index (χ4n) is 1.94. The SMILES string of the molecule is CCCN(c1cc([N+](=O)[O-])cc(NN)n1)C1CC1. The molecule has 98 valence electrons. The summed E-state index contributed by atoms with van der Waals surface area (Å²) in [6.45, 7) is 2.93. The average molecular weight is 251 g/mol. The molecule has 0 atom stereocenters. The molecule has 0 bridgehead atoms. The van der Waals surface area contributed by atoms with Gasteiger partial charge in [0.25, 0.3) is 5.69 Å². The zero-order chi connectivity index (χ0) is 13.1. The summed E-state index contributed by atoms with van der Waals surface area (Å²) in [5.41, 5.74) is 2.39. The number of nitro groups is 1. The second-order valence-electron chi connectivity index (χ2n) is 4.39. The zero-order valence-corrected chi connectivity index (χ0v) is 10.3. The van der Waals surface area contributed by atoms with Crippen LogP contribution in [0.5, 0.6) is 0 Å². The smallest absolute Gasteiger partial charge is 0.276 e. The van der Waals surface area contributed by atoms with Gasteiger partial charge < -0.3 is 10.3 Å². The Labute approximate surface area is 105 Å². The van der Waals surface area contributed by atoms with Crippen molar-refractivity contribution in [3.8, 4) is 0 Å². The van der Waals surface area contributed by atoms with E-state index in [1.807, 2.05) is 0 Å². The van der Waals surface area contributed by atoms with Crippen LogP contribution in [0.3, 0.4) is 0 Å². The van der Waals surface area contributed by atoms with Crippen molar-refractivity contribution >= 4 is 17.3 Å². The number of aromatic nitrogens is 1. The number of nitrogen functional groups attached to an aromatic ring is 1. The number of hydrogen-bond donors (Lipinski definition) is 2. The van der Waals surface area contributed by atoms with Crippen LogP contribution in [0.15, 0.2) is 12.1 Å². The molecule has 7 nitrogen and oxygen atoms in total. The highest BCUT2D eigenvalue weighted by molar-refractivity contribution is 5.56. The number of nitrogens with one attached hydrogen (secondary N) is 1. The van der Waals surface area contributed by atoms with E-state index in [1.54, 1.807) is 0 Å². The molecule has 0 amide bonds. The highest BCUT2D eigenvalue weighted by Crippen LogP contribution is 2.33. The summed E-state index contributed by atoms with van der Waals surface area (Å²) in [7, 11) is 0. The molecular formula is C11H17N5O2. The van der Waals surface area contributed by atoms with E-state index in [0.717, 1.165) is 25.8 Å². The maximum Gasteiger partial charge on any atom is 0.276 e. The van der Waals surface area contributed by atoms with E-state index in [4.69, 9.17) is 5.84 Å². The lowest BCUT2D eigenvalue weighted by atomic mass is 10.3. The van der Waals surface area contributed by atoms with Crippen molar-refractivity contribution in [2.75, 3.05) is 16.9 Å². The molecule has 2 rings (SSSR count). The predicted octanol–water partition coefficient (Wildman–Crippen LogP) is 1.65. The number of rotatable bonds is 6. The highest BCUT2D eigenvalue weighted by Gasteiger charge is 2.30. The molecule has 1 heterocycles. The minimum atomic E-state index is -0.428. The maximum atomic E-state index is 10.9. The van der Waals surface area contributed by atoms with E-state index in [-0.39, 0.29) is 5.69 Å². The number of pyridine rings is 1. The summed E-state index contributed by atoms with van der Waals surface area (Å²) in [5.74, 6) is 6.25. The van der Waals surface area contributed by atoms with Gasteiger partial charge in [0.05, 0.1) is 17.1 Å². The molecule has 0 unspecified atom stereocenters. The summed E-state index contributed by atoms with van der Waals surface area (Å²) < 4.78 is 0. The topological polar surface area (TPSA) is 97.3 Å². The standard InChI is InChI=1S/C11H17N5O2/c1-2-5-15(8-3-4-8)11-7-9(16(17)18)6-10(13-11)14-12/h6-8H,2-5,12H2,1H3,(H,13,14). The van der Waals surface area contributed by atoms with Crippen LogP contribution in [-0.4, -0.2) is 22.5 Å². The van der Waals surface area contributed by atoms with Crippen molar-refractivity contribution in [3.63, 3.8) is 0 Å². The number of nitrogens with zero attached hydrogens (tertiary/aromatic N) is 3. The van der Waals surface area contributed by atoms with Crippen molar-refractivity contribution in [3.05, 3.63) is 22.2 Å². The molecule has 0 aromatic carbocycles. The third-order valence-electron chi connectivity index (χ3n) is 2.90. The fraction of sp³-hybridized carbons (Fsp3) is 0.545. The third kappa shape index (κ3) is 2.67. The molecule has 0 radical (unpaired) electrons. The lowest BCUT2D eigenvalue weighted by Crippen LogP contribution is -2.27. The first-order chi connectivity index (χ1) is 8.65. The molecule has 1 aliphatic carbocycles. The van der Waals surface area contributed by atoms with Gasteiger partial charge in [-0.15, -0.1) is 0 Å². The van der Waals surface area contributed by atoms with Gasteiger partial charge >= 0.3 is 0 Å². The molecule has 3 N–H and O–H groups in total. The molecule has 1 aromatic heterocycles. The van der Waals surface area contributed by atoms with Gasteiger partial charge in [-0.25, -0.2) is 10.8 Å². The Morgan fingerprint density at radius 2 is 2.33 bits per heavy atom. The maximum absolute atomic E-state index is 10.9. The van der Waals surface area contributed by atoms with E-state index in [9.17, 15) is 10.1 Å². The molecule has 0 aliphatic heterocycles. The van der Waals surface area contributed by atoms with Crippen LogP contribution in [0.2, 0.25) is 0 Å². The van der Waals surface area contributed by atoms with Crippen molar-refractivity contribution in [2.24, 2.45) is 5.84 Å². The quantitative estimate of drug-likeness (QED) is 0.453. The van der Waals surface area contributed by atoms with E-state index < -0.39 is 4.92 Å². The molecule has 1 aromatic rings. The summed E-state index contributed by atoms with van der Waals surface area (Å²) in [4.78, 5) is 16.9. The molecule has 0 spiro atoms. The van der Waals surface area contributed by atoms with Gasteiger partial charge in [-0.2, -0.15) is 0 Å². The van der Waals surface area contributed by atoms with Crippen LogP contribution >= 0.6 is 0 Å². The van der Waals surface area contributed by atoms with Crippen LogP contribution in [0.25, 0.3) is 0 Å². The van der Waals surface area contributed by atoms with Crippen LogP contribution < -0.4 is 16.2 Å². The lowest BCUT2D eigenvalue weighted by Gasteiger charge is -2.23. The minimum Gasteiger partial charge on any atom is -0.353 e. The predicted molar refractivity (Wildman–Crippen MR) is 69.4 cm³/mol. The monoisotopic (exact) mass is 251 g/mol. The van der Waals surface area contributed by atoms with Gasteiger partial charge in [-0.05, 0) is 19.3 Å². The van der Waals surface area contributed by atoms with Crippen molar-refractivity contribution in [2.45, 2.75) is 32.2 Å².